The lowest BCUT2D eigenvalue weighted by atomic mass is 10.3. The van der Waals surface area contributed by atoms with Gasteiger partial charge in [0.2, 0.25) is 0 Å². The van der Waals surface area contributed by atoms with Crippen LogP contribution in [0.3, 0.4) is 0 Å². The number of hydrogen-bond donors (Lipinski definition) is 0. The highest BCUT2D eigenvalue weighted by Crippen LogP contribution is 2.36. The molecule has 104 valence electrons. The highest BCUT2D eigenvalue weighted by atomic mass is 35.5. The Kier molecular flexibility index (Phi) is 3.35. The van der Waals surface area contributed by atoms with Gasteiger partial charge in [0.05, 0.1) is 10.3 Å². The summed E-state index contributed by atoms with van der Waals surface area (Å²) in [4.78, 5) is 4.21. The monoisotopic (exact) mass is 313 g/mol. The van der Waals surface area contributed by atoms with E-state index in [1.165, 1.54) is 23.9 Å². The number of aromatic nitrogens is 5. The highest BCUT2D eigenvalue weighted by molar-refractivity contribution is 7.99. The molecule has 0 saturated heterocycles. The predicted octanol–water partition coefficient (Wildman–Crippen LogP) is 3.00. The summed E-state index contributed by atoms with van der Waals surface area (Å²) in [7, 11) is 1.75. The van der Waals surface area contributed by atoms with Crippen molar-refractivity contribution in [3.8, 4) is 0 Å². The molecule has 0 bridgehead atoms. The zero-order valence-electron chi connectivity index (χ0n) is 10.5. The van der Waals surface area contributed by atoms with Gasteiger partial charge in [0.25, 0.3) is 5.22 Å². The summed E-state index contributed by atoms with van der Waals surface area (Å²) in [5, 5.41) is 11.8. The Labute approximate surface area is 122 Å². The molecule has 3 aromatic rings. The topological polar surface area (TPSA) is 69.6 Å². The van der Waals surface area contributed by atoms with Crippen LogP contribution < -0.4 is 0 Å². The highest BCUT2D eigenvalue weighted by Gasteiger charge is 2.18. The van der Waals surface area contributed by atoms with Gasteiger partial charge in [0, 0.05) is 13.1 Å². The van der Waals surface area contributed by atoms with Crippen molar-refractivity contribution in [2.24, 2.45) is 7.05 Å². The average molecular weight is 314 g/mol. The summed E-state index contributed by atoms with van der Waals surface area (Å²) in [6.45, 7) is 1.92. The first-order chi connectivity index (χ1) is 9.54. The summed E-state index contributed by atoms with van der Waals surface area (Å²) < 4.78 is 20.4. The maximum absolute atomic E-state index is 13.2. The van der Waals surface area contributed by atoms with E-state index < -0.39 is 5.82 Å². The largest absolute Gasteiger partial charge is 0.430 e. The molecule has 3 rings (SSSR count). The standard InChI is InChI=1S/C11H9ClFN5OS/c1-5(10-15-16-17-18(10)2)20-11-14-8-4-6(13)3-7(12)9(8)19-11/h3-5H,1-2H3. The third kappa shape index (κ3) is 2.36. The van der Waals surface area contributed by atoms with E-state index >= 15 is 0 Å². The smallest absolute Gasteiger partial charge is 0.257 e. The molecule has 20 heavy (non-hydrogen) atoms. The number of halogens is 2. The summed E-state index contributed by atoms with van der Waals surface area (Å²) >= 11 is 7.25. The molecule has 1 unspecified atom stereocenters. The summed E-state index contributed by atoms with van der Waals surface area (Å²) in [6, 6.07) is 2.48. The Bertz CT molecular complexity index is 773. The van der Waals surface area contributed by atoms with E-state index in [2.05, 4.69) is 20.5 Å². The lowest BCUT2D eigenvalue weighted by Crippen LogP contribution is -2.01. The third-order valence-electron chi connectivity index (χ3n) is 2.68. The minimum atomic E-state index is -0.446. The van der Waals surface area contributed by atoms with Crippen LogP contribution in [-0.2, 0) is 7.05 Å². The first-order valence-electron chi connectivity index (χ1n) is 5.69. The first-order valence-corrected chi connectivity index (χ1v) is 6.95. The van der Waals surface area contributed by atoms with Gasteiger partial charge in [-0.15, -0.1) is 5.10 Å². The van der Waals surface area contributed by atoms with Gasteiger partial charge < -0.3 is 4.42 Å². The Morgan fingerprint density at radius 2 is 2.25 bits per heavy atom. The van der Waals surface area contributed by atoms with E-state index in [-0.39, 0.29) is 10.3 Å². The molecule has 1 atom stereocenters. The maximum atomic E-state index is 13.2. The Hall–Kier alpha value is -1.67. The molecule has 6 nitrogen and oxygen atoms in total. The number of aryl methyl sites for hydroxylation is 1. The molecular weight excluding hydrogens is 305 g/mol. The molecule has 0 fully saturated rings. The van der Waals surface area contributed by atoms with Crippen molar-refractivity contribution >= 4 is 34.5 Å². The quantitative estimate of drug-likeness (QED) is 0.692. The summed E-state index contributed by atoms with van der Waals surface area (Å²) in [6.07, 6.45) is 0. The van der Waals surface area contributed by atoms with Crippen molar-refractivity contribution in [3.63, 3.8) is 0 Å². The van der Waals surface area contributed by atoms with E-state index in [1.807, 2.05) is 6.92 Å². The number of hydrogen-bond acceptors (Lipinski definition) is 6. The van der Waals surface area contributed by atoms with Gasteiger partial charge in [-0.25, -0.2) is 14.1 Å². The SMILES string of the molecule is CC(Sc1nc2cc(F)cc(Cl)c2o1)c1nnnn1C. The molecule has 0 radical (unpaired) electrons. The number of fused-ring (bicyclic) bond motifs is 1. The third-order valence-corrected chi connectivity index (χ3v) is 3.91. The number of benzene rings is 1. The first kappa shape index (κ1) is 13.3. The van der Waals surface area contributed by atoms with Crippen LogP contribution in [0.5, 0.6) is 0 Å². The maximum Gasteiger partial charge on any atom is 0.257 e. The Morgan fingerprint density at radius 1 is 1.45 bits per heavy atom. The van der Waals surface area contributed by atoms with Gasteiger partial charge in [0.1, 0.15) is 11.3 Å². The van der Waals surface area contributed by atoms with E-state index in [0.717, 1.165) is 0 Å². The fourth-order valence-corrected chi connectivity index (χ4v) is 2.90. The minimum absolute atomic E-state index is 0.0633. The molecule has 9 heteroatoms. The second-order valence-electron chi connectivity index (χ2n) is 4.14. The molecule has 0 aliphatic heterocycles. The second-order valence-corrected chi connectivity index (χ2v) is 5.84. The van der Waals surface area contributed by atoms with Crippen molar-refractivity contribution in [2.45, 2.75) is 17.4 Å². The molecule has 2 aromatic heterocycles. The summed E-state index contributed by atoms with van der Waals surface area (Å²) in [5.41, 5.74) is 0.764. The van der Waals surface area contributed by atoms with Crippen LogP contribution in [0.1, 0.15) is 18.0 Å². The zero-order chi connectivity index (χ0) is 14.3. The number of rotatable bonds is 3. The molecule has 1 aromatic carbocycles. The van der Waals surface area contributed by atoms with Crippen molar-refractivity contribution in [3.05, 3.63) is 28.8 Å². The molecule has 0 aliphatic carbocycles. The van der Waals surface area contributed by atoms with Crippen molar-refractivity contribution < 1.29 is 8.81 Å². The van der Waals surface area contributed by atoms with E-state index in [9.17, 15) is 4.39 Å². The van der Waals surface area contributed by atoms with Gasteiger partial charge in [0.15, 0.2) is 11.4 Å². The lowest BCUT2D eigenvalue weighted by Gasteiger charge is -2.05. The normalized spacial score (nSPS) is 13.0. The van der Waals surface area contributed by atoms with Crippen LogP contribution in [0.4, 0.5) is 4.39 Å². The van der Waals surface area contributed by atoms with Gasteiger partial charge >= 0.3 is 0 Å². The molecule has 0 N–H and O–H groups in total. The van der Waals surface area contributed by atoms with E-state index in [0.29, 0.717) is 22.1 Å². The molecule has 0 aliphatic rings. The molecule has 0 saturated carbocycles. The van der Waals surface area contributed by atoms with Crippen LogP contribution in [0.2, 0.25) is 5.02 Å². The van der Waals surface area contributed by atoms with Crippen LogP contribution >= 0.6 is 23.4 Å². The van der Waals surface area contributed by atoms with Crippen molar-refractivity contribution in [2.75, 3.05) is 0 Å². The zero-order valence-corrected chi connectivity index (χ0v) is 12.1. The second kappa shape index (κ2) is 5.02. The predicted molar refractivity (Wildman–Crippen MR) is 72.0 cm³/mol. The Balaban J connectivity index is 1.92. The van der Waals surface area contributed by atoms with Gasteiger partial charge in [-0.2, -0.15) is 0 Å². The number of tetrazole rings is 1. The Morgan fingerprint density at radius 3 is 2.95 bits per heavy atom. The fraction of sp³-hybridized carbons (Fsp3) is 0.273. The van der Waals surface area contributed by atoms with Crippen molar-refractivity contribution in [1.82, 2.24) is 25.2 Å². The van der Waals surface area contributed by atoms with E-state index in [1.54, 1.807) is 11.7 Å². The fourth-order valence-electron chi connectivity index (χ4n) is 1.77. The van der Waals surface area contributed by atoms with Crippen LogP contribution in [0.25, 0.3) is 11.1 Å². The van der Waals surface area contributed by atoms with Crippen molar-refractivity contribution in [1.29, 1.82) is 0 Å². The molecule has 2 heterocycles. The number of thioether (sulfide) groups is 1. The van der Waals surface area contributed by atoms with Crippen LogP contribution in [0, 0.1) is 5.82 Å². The van der Waals surface area contributed by atoms with Gasteiger partial charge in [-0.05, 0) is 23.4 Å². The molecule has 0 spiro atoms. The van der Waals surface area contributed by atoms with Gasteiger partial charge in [-0.3, -0.25) is 0 Å². The van der Waals surface area contributed by atoms with Crippen LogP contribution in [-0.4, -0.2) is 25.2 Å². The van der Waals surface area contributed by atoms with E-state index in [4.69, 9.17) is 16.0 Å². The molecular formula is C11H9ClFN5OS. The number of nitrogens with zero attached hydrogens (tertiary/aromatic N) is 5. The lowest BCUT2D eigenvalue weighted by molar-refractivity contribution is 0.488. The van der Waals surface area contributed by atoms with Gasteiger partial charge in [-0.1, -0.05) is 23.4 Å². The minimum Gasteiger partial charge on any atom is -0.430 e. The van der Waals surface area contributed by atoms with Crippen LogP contribution in [0.15, 0.2) is 21.8 Å². The number of oxazole rings is 1. The molecule has 0 amide bonds. The average Bonchev–Trinajstić information content (AvgIpc) is 2.95. The summed E-state index contributed by atoms with van der Waals surface area (Å²) in [5.74, 6) is 0.243.